The minimum Gasteiger partial charge on any atom is -0.497 e. The Morgan fingerprint density at radius 2 is 1.83 bits per heavy atom. The Labute approximate surface area is 185 Å². The van der Waals surface area contributed by atoms with Gasteiger partial charge >= 0.3 is 5.97 Å². The maximum atomic E-state index is 10.9. The number of halogens is 1. The summed E-state index contributed by atoms with van der Waals surface area (Å²) in [6, 6.07) is 16.2. The Morgan fingerprint density at radius 3 is 2.53 bits per heavy atom. The summed E-state index contributed by atoms with van der Waals surface area (Å²) in [5, 5.41) is 8.94. The van der Waals surface area contributed by atoms with E-state index >= 15 is 0 Å². The van der Waals surface area contributed by atoms with Crippen molar-refractivity contribution in [2.45, 2.75) is 31.9 Å². The first-order valence-corrected chi connectivity index (χ1v) is 9.83. The summed E-state index contributed by atoms with van der Waals surface area (Å²) in [6.45, 7) is 0.964. The lowest BCUT2D eigenvalue weighted by atomic mass is 10.0. The number of hydrogen-bond donors (Lipinski definition) is 1. The number of para-hydroxylation sites is 1. The largest absolute Gasteiger partial charge is 0.497 e. The minimum atomic E-state index is -0.870. The summed E-state index contributed by atoms with van der Waals surface area (Å²) < 4.78 is 16.9. The van der Waals surface area contributed by atoms with Crippen LogP contribution in [0.3, 0.4) is 0 Å². The van der Waals surface area contributed by atoms with Gasteiger partial charge in [-0.05, 0) is 56.3 Å². The van der Waals surface area contributed by atoms with E-state index in [0.717, 1.165) is 29.9 Å². The second-order valence-corrected chi connectivity index (χ2v) is 7.05. The Morgan fingerprint density at radius 1 is 1.07 bits per heavy atom. The Balaban J connectivity index is 0.00000450. The molecule has 0 amide bonds. The van der Waals surface area contributed by atoms with E-state index in [4.69, 9.17) is 19.3 Å². The molecule has 6 nitrogen and oxygen atoms in total. The molecule has 0 fully saturated rings. The number of ether oxygens (including phenoxy) is 3. The molecule has 0 radical (unpaired) electrons. The number of aryl methyl sites for hydroxylation is 2. The third-order valence-corrected chi connectivity index (χ3v) is 4.57. The molecule has 166 valence electrons. The predicted octanol–water partition coefficient (Wildman–Crippen LogP) is 4.05. The Bertz CT molecular complexity index is 769. The lowest BCUT2D eigenvalue weighted by Crippen LogP contribution is -2.33. The number of carbonyl (C=O) groups is 1. The molecule has 0 aromatic heterocycles. The van der Waals surface area contributed by atoms with Gasteiger partial charge in [0.25, 0.3) is 0 Å². The van der Waals surface area contributed by atoms with E-state index in [1.807, 2.05) is 44.4 Å². The SMILES string of the molecule is COc1cccc(CCc2ccccc2OCCCOC(CC(=O)O)N(C)C)c1.Cl. The molecule has 1 N–H and O–H groups in total. The van der Waals surface area contributed by atoms with Crippen LogP contribution in [-0.4, -0.2) is 56.6 Å². The maximum absolute atomic E-state index is 10.9. The van der Waals surface area contributed by atoms with Crippen LogP contribution in [-0.2, 0) is 22.4 Å². The summed E-state index contributed by atoms with van der Waals surface area (Å²) >= 11 is 0. The fraction of sp³-hybridized carbons (Fsp3) is 0.435. The van der Waals surface area contributed by atoms with E-state index in [-0.39, 0.29) is 18.8 Å². The van der Waals surface area contributed by atoms with Crippen molar-refractivity contribution in [3.8, 4) is 11.5 Å². The zero-order valence-electron chi connectivity index (χ0n) is 17.9. The highest BCUT2D eigenvalue weighted by molar-refractivity contribution is 5.85. The zero-order chi connectivity index (χ0) is 21.1. The number of methoxy groups -OCH3 is 1. The van der Waals surface area contributed by atoms with Crippen molar-refractivity contribution in [3.63, 3.8) is 0 Å². The van der Waals surface area contributed by atoms with Gasteiger partial charge in [-0.1, -0.05) is 30.3 Å². The molecule has 0 saturated heterocycles. The predicted molar refractivity (Wildman–Crippen MR) is 120 cm³/mol. The molecule has 0 heterocycles. The van der Waals surface area contributed by atoms with Crippen LogP contribution in [0.25, 0.3) is 0 Å². The van der Waals surface area contributed by atoms with Gasteiger partial charge in [-0.2, -0.15) is 0 Å². The molecule has 2 aromatic rings. The van der Waals surface area contributed by atoms with Crippen LogP contribution < -0.4 is 9.47 Å². The first-order valence-electron chi connectivity index (χ1n) is 9.83. The molecule has 1 atom stereocenters. The van der Waals surface area contributed by atoms with Gasteiger partial charge in [0.05, 0.1) is 26.7 Å². The molecular weight excluding hydrogens is 406 g/mol. The molecule has 30 heavy (non-hydrogen) atoms. The van der Waals surface area contributed by atoms with Crippen LogP contribution in [0.2, 0.25) is 0 Å². The van der Waals surface area contributed by atoms with E-state index in [0.29, 0.717) is 19.6 Å². The number of benzene rings is 2. The number of nitrogens with zero attached hydrogens (tertiary/aromatic N) is 1. The molecule has 2 aromatic carbocycles. The van der Waals surface area contributed by atoms with Gasteiger partial charge in [-0.3, -0.25) is 9.69 Å². The molecule has 0 aliphatic rings. The van der Waals surface area contributed by atoms with Crippen LogP contribution in [0.5, 0.6) is 11.5 Å². The third kappa shape index (κ3) is 9.03. The summed E-state index contributed by atoms with van der Waals surface area (Å²) in [6.07, 6.45) is 2.00. The standard InChI is InChI=1S/C23H31NO5.ClH/c1-24(2)22(17-23(25)26)29-15-7-14-28-21-11-5-4-9-19(21)13-12-18-8-6-10-20(16-18)27-3;/h4-6,8-11,16,22H,7,12-15,17H2,1-3H3,(H,25,26);1H. The van der Waals surface area contributed by atoms with Gasteiger partial charge in [0, 0.05) is 6.42 Å². The average Bonchev–Trinajstić information content (AvgIpc) is 2.71. The maximum Gasteiger partial charge on any atom is 0.307 e. The highest BCUT2D eigenvalue weighted by Crippen LogP contribution is 2.21. The van der Waals surface area contributed by atoms with Crippen LogP contribution in [0.15, 0.2) is 48.5 Å². The Hall–Kier alpha value is -2.28. The fourth-order valence-electron chi connectivity index (χ4n) is 2.96. The summed E-state index contributed by atoms with van der Waals surface area (Å²) in [7, 11) is 5.29. The molecule has 0 aliphatic carbocycles. The van der Waals surface area contributed by atoms with Crippen molar-refractivity contribution in [1.82, 2.24) is 4.90 Å². The summed E-state index contributed by atoms with van der Waals surface area (Å²) in [5.41, 5.74) is 2.38. The van der Waals surface area contributed by atoms with Crippen LogP contribution in [0.4, 0.5) is 0 Å². The highest BCUT2D eigenvalue weighted by atomic mass is 35.5. The molecule has 7 heteroatoms. The van der Waals surface area contributed by atoms with Crippen molar-refractivity contribution < 1.29 is 24.1 Å². The topological polar surface area (TPSA) is 68.2 Å². The molecule has 0 bridgehead atoms. The summed E-state index contributed by atoms with van der Waals surface area (Å²) in [5.74, 6) is 0.876. The van der Waals surface area contributed by atoms with Crippen LogP contribution in [0.1, 0.15) is 24.0 Å². The van der Waals surface area contributed by atoms with E-state index in [1.165, 1.54) is 5.56 Å². The summed E-state index contributed by atoms with van der Waals surface area (Å²) in [4.78, 5) is 12.7. The van der Waals surface area contributed by atoms with Crippen LogP contribution >= 0.6 is 12.4 Å². The quantitative estimate of drug-likeness (QED) is 0.376. The van der Waals surface area contributed by atoms with Gasteiger partial charge in [-0.25, -0.2) is 0 Å². The third-order valence-electron chi connectivity index (χ3n) is 4.57. The average molecular weight is 438 g/mol. The monoisotopic (exact) mass is 437 g/mol. The molecule has 1 unspecified atom stereocenters. The number of hydrogen-bond acceptors (Lipinski definition) is 5. The fourth-order valence-corrected chi connectivity index (χ4v) is 2.96. The van der Waals surface area contributed by atoms with E-state index in [9.17, 15) is 4.79 Å². The molecule has 0 saturated carbocycles. The first-order chi connectivity index (χ1) is 14.0. The van der Waals surface area contributed by atoms with Crippen molar-refractivity contribution in [2.75, 3.05) is 34.4 Å². The van der Waals surface area contributed by atoms with Crippen molar-refractivity contribution in [2.24, 2.45) is 0 Å². The molecule has 0 aliphatic heterocycles. The van der Waals surface area contributed by atoms with Crippen LogP contribution in [0, 0.1) is 0 Å². The highest BCUT2D eigenvalue weighted by Gasteiger charge is 2.15. The molecule has 2 rings (SSSR count). The van der Waals surface area contributed by atoms with Gasteiger partial charge in [0.15, 0.2) is 0 Å². The van der Waals surface area contributed by atoms with E-state index in [1.54, 1.807) is 12.0 Å². The lowest BCUT2D eigenvalue weighted by Gasteiger charge is -2.23. The normalized spacial score (nSPS) is 11.6. The lowest BCUT2D eigenvalue weighted by molar-refractivity contribution is -0.144. The van der Waals surface area contributed by atoms with Gasteiger partial charge in [-0.15, -0.1) is 12.4 Å². The van der Waals surface area contributed by atoms with Gasteiger partial charge in [0.2, 0.25) is 0 Å². The number of carboxylic acids is 1. The van der Waals surface area contributed by atoms with Gasteiger partial charge < -0.3 is 19.3 Å². The smallest absolute Gasteiger partial charge is 0.307 e. The number of aliphatic carboxylic acids is 1. The molecular formula is C23H32ClNO5. The van der Waals surface area contributed by atoms with Crippen molar-refractivity contribution in [3.05, 3.63) is 59.7 Å². The van der Waals surface area contributed by atoms with Crippen molar-refractivity contribution >= 4 is 18.4 Å². The Kier molecular flexibility index (Phi) is 11.9. The zero-order valence-corrected chi connectivity index (χ0v) is 18.7. The van der Waals surface area contributed by atoms with Crippen molar-refractivity contribution in [1.29, 1.82) is 0 Å². The van der Waals surface area contributed by atoms with E-state index in [2.05, 4.69) is 18.2 Å². The number of rotatable bonds is 13. The second kappa shape index (κ2) is 13.9. The first kappa shape index (κ1) is 25.8. The van der Waals surface area contributed by atoms with Gasteiger partial charge in [0.1, 0.15) is 17.7 Å². The second-order valence-electron chi connectivity index (χ2n) is 7.05. The number of carboxylic acid groups (broad SMARTS) is 1. The van der Waals surface area contributed by atoms with E-state index < -0.39 is 12.2 Å². The minimum absolute atomic E-state index is 0. The molecule has 0 spiro atoms.